The Bertz CT molecular complexity index is 922. The van der Waals surface area contributed by atoms with E-state index in [0.717, 1.165) is 20.2 Å². The van der Waals surface area contributed by atoms with E-state index in [1.165, 1.54) is 23.1 Å². The minimum absolute atomic E-state index is 0.0697. The van der Waals surface area contributed by atoms with Gasteiger partial charge in [-0.15, -0.1) is 5.10 Å². The second kappa shape index (κ2) is 8.27. The number of hydrogen-bond donors (Lipinski definition) is 1. The molecule has 1 atom stereocenters. The number of anilines is 1. The van der Waals surface area contributed by atoms with Gasteiger partial charge < -0.3 is 5.32 Å². The molecule has 0 bridgehead atoms. The van der Waals surface area contributed by atoms with Crippen LogP contribution < -0.4 is 5.32 Å². The van der Waals surface area contributed by atoms with Gasteiger partial charge in [-0.2, -0.15) is 0 Å². The molecule has 1 unspecified atom stereocenters. The van der Waals surface area contributed by atoms with Crippen LogP contribution in [0.25, 0.3) is 5.69 Å². The first-order valence-electron chi connectivity index (χ1n) is 7.41. The summed E-state index contributed by atoms with van der Waals surface area (Å²) in [6.45, 7) is 1.86. The average molecular weight is 452 g/mol. The van der Waals surface area contributed by atoms with Gasteiger partial charge in [0.15, 0.2) is 8.29 Å². The van der Waals surface area contributed by atoms with E-state index in [0.29, 0.717) is 3.95 Å². The number of para-hydroxylation sites is 1. The Labute approximate surface area is 167 Å². The lowest BCUT2D eigenvalue weighted by Crippen LogP contribution is -2.22. The van der Waals surface area contributed by atoms with Gasteiger partial charge in [0.2, 0.25) is 5.91 Å². The van der Waals surface area contributed by atoms with Crippen molar-refractivity contribution in [2.24, 2.45) is 0 Å². The molecule has 0 spiro atoms. The van der Waals surface area contributed by atoms with Crippen molar-refractivity contribution in [3.63, 3.8) is 0 Å². The Morgan fingerprint density at radius 3 is 2.60 bits per heavy atom. The Balaban J connectivity index is 1.68. The van der Waals surface area contributed by atoms with Crippen molar-refractivity contribution < 1.29 is 4.79 Å². The quantitative estimate of drug-likeness (QED) is 0.408. The second-order valence-corrected chi connectivity index (χ2v) is 9.26. The van der Waals surface area contributed by atoms with Gasteiger partial charge in [-0.05, 0) is 55.5 Å². The summed E-state index contributed by atoms with van der Waals surface area (Å²) in [6, 6.07) is 17.2. The Morgan fingerprint density at radius 2 is 1.92 bits per heavy atom. The maximum atomic E-state index is 12.4. The van der Waals surface area contributed by atoms with Crippen molar-refractivity contribution in [3.8, 4) is 5.69 Å². The van der Waals surface area contributed by atoms with E-state index in [1.54, 1.807) is 4.68 Å². The Hall–Kier alpha value is -1.48. The smallest absolute Gasteiger partial charge is 0.237 e. The average Bonchev–Trinajstić information content (AvgIpc) is 2.98. The second-order valence-electron chi connectivity index (χ2n) is 5.14. The molecule has 1 N–H and O–H groups in total. The predicted molar refractivity (Wildman–Crippen MR) is 110 cm³/mol. The lowest BCUT2D eigenvalue weighted by atomic mass is 10.3. The molecule has 1 aromatic heterocycles. The fourth-order valence-corrected chi connectivity index (χ4v) is 4.79. The molecule has 1 amide bonds. The standard InChI is InChI=1S/C17H14BrN3OS3/c1-11(15(22)19-13-9-7-12(18)8-10-13)24-16-20-21(17(23)25-16)14-5-3-2-4-6-14/h2-11H,1H3,(H,19,22). The highest BCUT2D eigenvalue weighted by atomic mass is 79.9. The third-order valence-electron chi connectivity index (χ3n) is 3.29. The molecule has 0 aliphatic heterocycles. The largest absolute Gasteiger partial charge is 0.325 e. The number of carbonyl (C=O) groups excluding carboxylic acids is 1. The normalized spacial score (nSPS) is 11.9. The molecule has 128 valence electrons. The molecule has 25 heavy (non-hydrogen) atoms. The highest BCUT2D eigenvalue weighted by molar-refractivity contribution is 9.10. The maximum absolute atomic E-state index is 12.4. The highest BCUT2D eigenvalue weighted by Crippen LogP contribution is 2.28. The van der Waals surface area contributed by atoms with Gasteiger partial charge >= 0.3 is 0 Å². The lowest BCUT2D eigenvalue weighted by Gasteiger charge is -2.10. The van der Waals surface area contributed by atoms with Crippen molar-refractivity contribution in [2.45, 2.75) is 16.5 Å². The van der Waals surface area contributed by atoms with E-state index in [1.807, 2.05) is 61.5 Å². The van der Waals surface area contributed by atoms with Gasteiger partial charge in [0.25, 0.3) is 0 Å². The van der Waals surface area contributed by atoms with E-state index >= 15 is 0 Å². The van der Waals surface area contributed by atoms with Crippen LogP contribution >= 0.6 is 51.2 Å². The van der Waals surface area contributed by atoms with Crippen LogP contribution in [0.2, 0.25) is 0 Å². The van der Waals surface area contributed by atoms with E-state index in [-0.39, 0.29) is 11.2 Å². The third kappa shape index (κ3) is 4.78. The van der Waals surface area contributed by atoms with Gasteiger partial charge in [0.05, 0.1) is 10.9 Å². The Kier molecular flexibility index (Phi) is 6.06. The zero-order valence-electron chi connectivity index (χ0n) is 13.2. The summed E-state index contributed by atoms with van der Waals surface area (Å²) in [5.41, 5.74) is 1.69. The predicted octanol–water partition coefficient (Wildman–Crippen LogP) is 5.55. The molecule has 0 radical (unpaired) electrons. The summed E-state index contributed by atoms with van der Waals surface area (Å²) in [6.07, 6.45) is 0. The summed E-state index contributed by atoms with van der Waals surface area (Å²) < 4.78 is 4.13. The van der Waals surface area contributed by atoms with Crippen molar-refractivity contribution >= 4 is 62.8 Å². The number of amides is 1. The van der Waals surface area contributed by atoms with Crippen LogP contribution in [0.4, 0.5) is 5.69 Å². The lowest BCUT2D eigenvalue weighted by molar-refractivity contribution is -0.115. The molecule has 0 fully saturated rings. The first-order chi connectivity index (χ1) is 12.0. The number of hydrogen-bond acceptors (Lipinski definition) is 5. The van der Waals surface area contributed by atoms with Crippen molar-refractivity contribution in [1.82, 2.24) is 9.78 Å². The van der Waals surface area contributed by atoms with Gasteiger partial charge in [0.1, 0.15) is 0 Å². The van der Waals surface area contributed by atoms with Crippen LogP contribution in [0.5, 0.6) is 0 Å². The molecule has 2 aromatic carbocycles. The summed E-state index contributed by atoms with van der Waals surface area (Å²) in [4.78, 5) is 12.4. The number of aromatic nitrogens is 2. The number of halogens is 1. The molecule has 0 saturated carbocycles. The number of benzene rings is 2. The van der Waals surface area contributed by atoms with Crippen LogP contribution in [0, 0.1) is 3.95 Å². The van der Waals surface area contributed by atoms with Crippen LogP contribution in [-0.2, 0) is 4.79 Å². The molecule has 0 aliphatic rings. The molecule has 1 heterocycles. The topological polar surface area (TPSA) is 46.9 Å². The fourth-order valence-electron chi connectivity index (χ4n) is 2.02. The van der Waals surface area contributed by atoms with Crippen LogP contribution in [0.15, 0.2) is 63.4 Å². The van der Waals surface area contributed by atoms with Crippen molar-refractivity contribution in [1.29, 1.82) is 0 Å². The van der Waals surface area contributed by atoms with Gasteiger partial charge in [-0.3, -0.25) is 4.79 Å². The molecule has 0 aliphatic carbocycles. The minimum atomic E-state index is -0.284. The maximum Gasteiger partial charge on any atom is 0.237 e. The van der Waals surface area contributed by atoms with E-state index in [4.69, 9.17) is 12.2 Å². The zero-order chi connectivity index (χ0) is 17.8. The summed E-state index contributed by atoms with van der Waals surface area (Å²) >= 11 is 11.6. The van der Waals surface area contributed by atoms with Gasteiger partial charge in [0, 0.05) is 10.2 Å². The first kappa shape index (κ1) is 18.3. The molecule has 4 nitrogen and oxygen atoms in total. The molecule has 3 aromatic rings. The molecular formula is C17H14BrN3OS3. The summed E-state index contributed by atoms with van der Waals surface area (Å²) in [7, 11) is 0. The monoisotopic (exact) mass is 451 g/mol. The number of thioether (sulfide) groups is 1. The van der Waals surface area contributed by atoms with Crippen molar-refractivity contribution in [2.75, 3.05) is 5.32 Å². The summed E-state index contributed by atoms with van der Waals surface area (Å²) in [5.74, 6) is -0.0697. The number of carbonyl (C=O) groups is 1. The van der Waals surface area contributed by atoms with Crippen LogP contribution in [0.1, 0.15) is 6.92 Å². The number of nitrogens with zero attached hydrogens (tertiary/aromatic N) is 2. The highest BCUT2D eigenvalue weighted by Gasteiger charge is 2.17. The minimum Gasteiger partial charge on any atom is -0.325 e. The van der Waals surface area contributed by atoms with Crippen molar-refractivity contribution in [3.05, 3.63) is 63.0 Å². The van der Waals surface area contributed by atoms with E-state index < -0.39 is 0 Å². The van der Waals surface area contributed by atoms with Crippen LogP contribution in [-0.4, -0.2) is 20.9 Å². The fraction of sp³-hybridized carbons (Fsp3) is 0.118. The Morgan fingerprint density at radius 1 is 1.24 bits per heavy atom. The van der Waals surface area contributed by atoms with Gasteiger partial charge in [-0.25, -0.2) is 4.68 Å². The SMILES string of the molecule is CC(Sc1nn(-c2ccccc2)c(=S)s1)C(=O)Nc1ccc(Br)cc1. The molecular weight excluding hydrogens is 438 g/mol. The van der Waals surface area contributed by atoms with E-state index in [9.17, 15) is 4.79 Å². The van der Waals surface area contributed by atoms with Gasteiger partial charge in [-0.1, -0.05) is 57.2 Å². The molecule has 0 saturated heterocycles. The molecule has 8 heteroatoms. The third-order valence-corrected chi connectivity index (χ3v) is 6.23. The number of nitrogens with one attached hydrogen (secondary N) is 1. The number of rotatable bonds is 5. The first-order valence-corrected chi connectivity index (χ1v) is 10.3. The summed E-state index contributed by atoms with van der Waals surface area (Å²) in [5, 5.41) is 7.15. The van der Waals surface area contributed by atoms with Crippen LogP contribution in [0.3, 0.4) is 0 Å². The molecule has 3 rings (SSSR count). The van der Waals surface area contributed by atoms with E-state index in [2.05, 4.69) is 26.3 Å². The zero-order valence-corrected chi connectivity index (χ0v) is 17.2.